The van der Waals surface area contributed by atoms with Crippen molar-refractivity contribution in [3.63, 3.8) is 0 Å². The van der Waals surface area contributed by atoms with Crippen molar-refractivity contribution in [2.24, 2.45) is 0 Å². The van der Waals surface area contributed by atoms with Gasteiger partial charge in [0, 0.05) is 18.7 Å². The van der Waals surface area contributed by atoms with E-state index in [-0.39, 0.29) is 11.4 Å². The molecule has 0 radical (unpaired) electrons. The molecule has 5 nitrogen and oxygen atoms in total. The highest BCUT2D eigenvalue weighted by molar-refractivity contribution is 7.89. The molecular weight excluding hydrogens is 276 g/mol. The molecule has 1 aromatic heterocycles. The van der Waals surface area contributed by atoms with Gasteiger partial charge in [-0.3, -0.25) is 0 Å². The third-order valence-electron chi connectivity index (χ3n) is 3.08. The van der Waals surface area contributed by atoms with Crippen molar-refractivity contribution in [1.29, 1.82) is 0 Å². The molecule has 1 aromatic carbocycles. The van der Waals surface area contributed by atoms with Crippen LogP contribution in [-0.2, 0) is 16.4 Å². The van der Waals surface area contributed by atoms with Crippen molar-refractivity contribution < 1.29 is 12.8 Å². The second-order valence-corrected chi connectivity index (χ2v) is 6.44. The van der Waals surface area contributed by atoms with E-state index in [4.69, 9.17) is 10.2 Å². The van der Waals surface area contributed by atoms with Gasteiger partial charge in [0.1, 0.15) is 5.76 Å². The average Bonchev–Trinajstić information content (AvgIpc) is 2.86. The van der Waals surface area contributed by atoms with Crippen molar-refractivity contribution in [3.8, 4) is 0 Å². The molecule has 3 N–H and O–H groups in total. The van der Waals surface area contributed by atoms with E-state index in [1.165, 1.54) is 0 Å². The largest absolute Gasteiger partial charge is 0.469 e. The van der Waals surface area contributed by atoms with Gasteiger partial charge in [0.15, 0.2) is 0 Å². The number of nitrogen functional groups attached to an aromatic ring is 1. The minimum atomic E-state index is -3.56. The monoisotopic (exact) mass is 294 g/mol. The van der Waals surface area contributed by atoms with Gasteiger partial charge in [-0.25, -0.2) is 13.1 Å². The zero-order valence-corrected chi connectivity index (χ0v) is 12.3. The molecule has 0 spiro atoms. The minimum absolute atomic E-state index is 0.231. The van der Waals surface area contributed by atoms with Crippen LogP contribution in [0.3, 0.4) is 0 Å². The summed E-state index contributed by atoms with van der Waals surface area (Å²) in [5.41, 5.74) is 7.69. The highest BCUT2D eigenvalue weighted by atomic mass is 32.2. The van der Waals surface area contributed by atoms with Crippen molar-refractivity contribution in [3.05, 3.63) is 47.4 Å². The fourth-order valence-electron chi connectivity index (χ4n) is 1.97. The van der Waals surface area contributed by atoms with E-state index in [2.05, 4.69) is 4.72 Å². The van der Waals surface area contributed by atoms with Gasteiger partial charge in [0.2, 0.25) is 10.0 Å². The predicted molar refractivity (Wildman–Crippen MR) is 77.9 cm³/mol. The van der Waals surface area contributed by atoms with E-state index < -0.39 is 10.0 Å². The van der Waals surface area contributed by atoms with E-state index in [0.29, 0.717) is 17.7 Å². The maximum absolute atomic E-state index is 12.3. The zero-order valence-electron chi connectivity index (χ0n) is 11.5. The molecule has 0 saturated carbocycles. The van der Waals surface area contributed by atoms with E-state index in [9.17, 15) is 8.42 Å². The molecule has 2 rings (SSSR count). The standard InChI is InChI=1S/C14H18N2O3S/c1-10-8-13(15)11(2)14(9-10)20(17,18)16-6-5-12-4-3-7-19-12/h3-4,7-9,16H,5-6,15H2,1-2H3. The molecular formula is C14H18N2O3S. The molecule has 0 saturated heterocycles. The number of hydrogen-bond acceptors (Lipinski definition) is 4. The maximum atomic E-state index is 12.3. The first-order chi connectivity index (χ1) is 9.40. The first kappa shape index (κ1) is 14.6. The Morgan fingerprint density at radius 2 is 2.05 bits per heavy atom. The lowest BCUT2D eigenvalue weighted by Crippen LogP contribution is -2.26. The minimum Gasteiger partial charge on any atom is -0.469 e. The summed E-state index contributed by atoms with van der Waals surface area (Å²) in [6.45, 7) is 3.80. The van der Waals surface area contributed by atoms with E-state index in [1.807, 2.05) is 13.0 Å². The number of rotatable bonds is 5. The summed E-state index contributed by atoms with van der Waals surface area (Å²) in [4.78, 5) is 0.231. The summed E-state index contributed by atoms with van der Waals surface area (Å²) in [6.07, 6.45) is 2.07. The predicted octanol–water partition coefficient (Wildman–Crippen LogP) is 2.00. The Morgan fingerprint density at radius 1 is 1.30 bits per heavy atom. The number of aryl methyl sites for hydroxylation is 1. The molecule has 0 aliphatic carbocycles. The average molecular weight is 294 g/mol. The van der Waals surface area contributed by atoms with Gasteiger partial charge in [-0.15, -0.1) is 0 Å². The number of benzene rings is 1. The lowest BCUT2D eigenvalue weighted by atomic mass is 10.1. The highest BCUT2D eigenvalue weighted by Crippen LogP contribution is 2.22. The summed E-state index contributed by atoms with van der Waals surface area (Å²) < 4.78 is 32.3. The molecule has 0 aliphatic rings. The van der Waals surface area contributed by atoms with Crippen LogP contribution < -0.4 is 10.5 Å². The third-order valence-corrected chi connectivity index (χ3v) is 4.66. The van der Waals surface area contributed by atoms with Crippen LogP contribution in [0, 0.1) is 13.8 Å². The first-order valence-electron chi connectivity index (χ1n) is 6.29. The normalized spacial score (nSPS) is 11.7. The Hall–Kier alpha value is -1.79. The Labute approximate surface area is 118 Å². The van der Waals surface area contributed by atoms with Gasteiger partial charge in [0.05, 0.1) is 11.2 Å². The number of nitrogens with one attached hydrogen (secondary N) is 1. The number of furan rings is 1. The van der Waals surface area contributed by atoms with Crippen LogP contribution >= 0.6 is 0 Å². The molecule has 0 amide bonds. The van der Waals surface area contributed by atoms with E-state index >= 15 is 0 Å². The molecule has 2 aromatic rings. The van der Waals surface area contributed by atoms with Gasteiger partial charge in [-0.2, -0.15) is 0 Å². The van der Waals surface area contributed by atoms with Crippen molar-refractivity contribution in [2.75, 3.05) is 12.3 Å². The lowest BCUT2D eigenvalue weighted by Gasteiger charge is -2.11. The maximum Gasteiger partial charge on any atom is 0.240 e. The van der Waals surface area contributed by atoms with E-state index in [1.54, 1.807) is 31.4 Å². The number of nitrogens with two attached hydrogens (primary N) is 1. The second-order valence-electron chi connectivity index (χ2n) is 4.70. The SMILES string of the molecule is Cc1cc(N)c(C)c(S(=O)(=O)NCCc2ccco2)c1. The first-order valence-corrected chi connectivity index (χ1v) is 7.77. The fraction of sp³-hybridized carbons (Fsp3) is 0.286. The van der Waals surface area contributed by atoms with Crippen LogP contribution in [0.4, 0.5) is 5.69 Å². The summed E-state index contributed by atoms with van der Waals surface area (Å²) in [5.74, 6) is 0.744. The van der Waals surface area contributed by atoms with Gasteiger partial charge in [-0.1, -0.05) is 0 Å². The lowest BCUT2D eigenvalue weighted by molar-refractivity contribution is 0.506. The summed E-state index contributed by atoms with van der Waals surface area (Å²) in [7, 11) is -3.56. The van der Waals surface area contributed by atoms with Crippen molar-refractivity contribution in [1.82, 2.24) is 4.72 Å². The fourth-order valence-corrected chi connectivity index (χ4v) is 3.36. The van der Waals surface area contributed by atoms with Gasteiger partial charge in [-0.05, 0) is 49.2 Å². The Morgan fingerprint density at radius 3 is 2.70 bits per heavy atom. The number of hydrogen-bond donors (Lipinski definition) is 2. The molecule has 1 heterocycles. The number of sulfonamides is 1. The Kier molecular flexibility index (Phi) is 4.15. The van der Waals surface area contributed by atoms with Crippen LogP contribution in [0.5, 0.6) is 0 Å². The van der Waals surface area contributed by atoms with Crippen LogP contribution in [0.2, 0.25) is 0 Å². The molecule has 0 unspecified atom stereocenters. The second kappa shape index (κ2) is 5.68. The summed E-state index contributed by atoms with van der Waals surface area (Å²) in [5, 5.41) is 0. The number of anilines is 1. The smallest absolute Gasteiger partial charge is 0.240 e. The zero-order chi connectivity index (χ0) is 14.8. The van der Waals surface area contributed by atoms with E-state index in [0.717, 1.165) is 11.3 Å². The quantitative estimate of drug-likeness (QED) is 0.826. The molecule has 0 fully saturated rings. The highest BCUT2D eigenvalue weighted by Gasteiger charge is 2.18. The summed E-state index contributed by atoms with van der Waals surface area (Å²) >= 11 is 0. The van der Waals surface area contributed by atoms with Crippen molar-refractivity contribution in [2.45, 2.75) is 25.2 Å². The van der Waals surface area contributed by atoms with Crippen LogP contribution in [0.1, 0.15) is 16.9 Å². The van der Waals surface area contributed by atoms with Gasteiger partial charge < -0.3 is 10.2 Å². The Bertz CT molecular complexity index is 691. The molecule has 20 heavy (non-hydrogen) atoms. The molecule has 108 valence electrons. The van der Waals surface area contributed by atoms with Gasteiger partial charge in [0.25, 0.3) is 0 Å². The Balaban J connectivity index is 2.14. The molecule has 0 bridgehead atoms. The third kappa shape index (κ3) is 3.20. The molecule has 0 atom stereocenters. The summed E-state index contributed by atoms with van der Waals surface area (Å²) in [6, 6.07) is 6.97. The van der Waals surface area contributed by atoms with Gasteiger partial charge >= 0.3 is 0 Å². The van der Waals surface area contributed by atoms with Crippen LogP contribution in [0.25, 0.3) is 0 Å². The van der Waals surface area contributed by atoms with Crippen LogP contribution in [0.15, 0.2) is 39.8 Å². The van der Waals surface area contributed by atoms with Crippen molar-refractivity contribution >= 4 is 15.7 Å². The molecule has 0 aliphatic heterocycles. The molecule has 6 heteroatoms. The topological polar surface area (TPSA) is 85.3 Å². The van der Waals surface area contributed by atoms with Crippen LogP contribution in [-0.4, -0.2) is 15.0 Å².